The van der Waals surface area contributed by atoms with Crippen molar-refractivity contribution in [2.24, 2.45) is 5.73 Å². The first-order valence-corrected chi connectivity index (χ1v) is 8.68. The van der Waals surface area contributed by atoms with Crippen molar-refractivity contribution >= 4 is 29.3 Å². The predicted octanol–water partition coefficient (Wildman–Crippen LogP) is 2.69. The van der Waals surface area contributed by atoms with Crippen molar-refractivity contribution in [2.45, 2.75) is 11.3 Å². The van der Waals surface area contributed by atoms with Gasteiger partial charge in [-0.25, -0.2) is 0 Å². The Hall–Kier alpha value is -2.47. The summed E-state index contributed by atoms with van der Waals surface area (Å²) in [6.45, 7) is 0.641. The number of carbonyl (C=O) groups is 2. The highest BCUT2D eigenvalue weighted by Crippen LogP contribution is 2.33. The minimum Gasteiger partial charge on any atom is -0.484 e. The van der Waals surface area contributed by atoms with Gasteiger partial charge in [0.2, 0.25) is 5.91 Å². The third-order valence-corrected chi connectivity index (χ3v) is 4.89. The molecule has 1 aliphatic heterocycles. The summed E-state index contributed by atoms with van der Waals surface area (Å²) >= 11 is 1.77. The highest BCUT2D eigenvalue weighted by Gasteiger charge is 2.21. The van der Waals surface area contributed by atoms with Gasteiger partial charge in [-0.05, 0) is 48.6 Å². The van der Waals surface area contributed by atoms with E-state index < -0.39 is 5.91 Å². The first-order chi connectivity index (χ1) is 11.6. The van der Waals surface area contributed by atoms with E-state index in [2.05, 4.69) is 0 Å². The molecule has 2 N–H and O–H groups in total. The number of anilines is 1. The second kappa shape index (κ2) is 7.40. The van der Waals surface area contributed by atoms with Crippen molar-refractivity contribution in [1.82, 2.24) is 0 Å². The molecule has 1 aliphatic rings. The first-order valence-electron chi connectivity index (χ1n) is 7.70. The Morgan fingerprint density at radius 3 is 2.62 bits per heavy atom. The molecule has 3 rings (SSSR count). The fourth-order valence-electron chi connectivity index (χ4n) is 2.52. The number of benzene rings is 2. The monoisotopic (exact) mass is 342 g/mol. The number of rotatable bonds is 4. The Kier molecular flexibility index (Phi) is 5.05. The number of thioether (sulfide) groups is 1. The molecule has 124 valence electrons. The highest BCUT2D eigenvalue weighted by molar-refractivity contribution is 7.99. The van der Waals surface area contributed by atoms with Crippen molar-refractivity contribution in [3.05, 3.63) is 54.1 Å². The zero-order valence-corrected chi connectivity index (χ0v) is 13.9. The maximum absolute atomic E-state index is 12.6. The van der Waals surface area contributed by atoms with Crippen LogP contribution in [0, 0.1) is 0 Å². The number of ether oxygens (including phenoxy) is 1. The van der Waals surface area contributed by atoms with Crippen LogP contribution in [0.4, 0.5) is 5.69 Å². The lowest BCUT2D eigenvalue weighted by Gasteiger charge is -2.22. The van der Waals surface area contributed by atoms with E-state index in [1.165, 1.54) is 0 Å². The molecule has 1 heterocycles. The van der Waals surface area contributed by atoms with E-state index in [-0.39, 0.29) is 12.5 Å². The van der Waals surface area contributed by atoms with Crippen LogP contribution >= 0.6 is 11.8 Å². The Morgan fingerprint density at radius 1 is 1.12 bits per heavy atom. The Balaban J connectivity index is 1.67. The summed E-state index contributed by atoms with van der Waals surface area (Å²) in [5.74, 6) is 0.960. The minimum atomic E-state index is -0.490. The molecule has 0 fully saturated rings. The van der Waals surface area contributed by atoms with Crippen molar-refractivity contribution < 1.29 is 14.3 Å². The fourth-order valence-corrected chi connectivity index (χ4v) is 3.52. The maximum atomic E-state index is 12.6. The second-order valence-corrected chi connectivity index (χ2v) is 6.53. The predicted molar refractivity (Wildman–Crippen MR) is 94.6 cm³/mol. The van der Waals surface area contributed by atoms with Crippen LogP contribution in [-0.4, -0.2) is 30.7 Å². The third-order valence-electron chi connectivity index (χ3n) is 3.74. The molecule has 0 unspecified atom stereocenters. The topological polar surface area (TPSA) is 72.6 Å². The van der Waals surface area contributed by atoms with Gasteiger partial charge < -0.3 is 15.4 Å². The number of nitrogens with zero attached hydrogens (tertiary/aromatic N) is 1. The molecule has 5 nitrogen and oxygen atoms in total. The summed E-state index contributed by atoms with van der Waals surface area (Å²) < 4.78 is 5.56. The third kappa shape index (κ3) is 3.71. The van der Waals surface area contributed by atoms with Gasteiger partial charge in [0.05, 0.1) is 5.69 Å². The summed E-state index contributed by atoms with van der Waals surface area (Å²) in [6, 6.07) is 14.4. The second-order valence-electron chi connectivity index (χ2n) is 5.39. The quantitative estimate of drug-likeness (QED) is 0.927. The van der Waals surface area contributed by atoms with Crippen molar-refractivity contribution in [3.8, 4) is 5.75 Å². The summed E-state index contributed by atoms with van der Waals surface area (Å²) in [5, 5.41) is 0. The molecular weight excluding hydrogens is 324 g/mol. The SMILES string of the molecule is NC(=O)c1ccc(OCC(=O)N2CCCSc3ccccc32)cc1. The van der Waals surface area contributed by atoms with Crippen LogP contribution < -0.4 is 15.4 Å². The van der Waals surface area contributed by atoms with Gasteiger partial charge in [0.15, 0.2) is 6.61 Å². The van der Waals surface area contributed by atoms with Crippen LogP contribution in [0.3, 0.4) is 0 Å². The van der Waals surface area contributed by atoms with Crippen LogP contribution in [0.2, 0.25) is 0 Å². The van der Waals surface area contributed by atoms with Gasteiger partial charge >= 0.3 is 0 Å². The normalized spacial score (nSPS) is 13.8. The van der Waals surface area contributed by atoms with Crippen molar-refractivity contribution in [3.63, 3.8) is 0 Å². The van der Waals surface area contributed by atoms with Gasteiger partial charge in [0.25, 0.3) is 5.91 Å². The van der Waals surface area contributed by atoms with Gasteiger partial charge in [-0.1, -0.05) is 12.1 Å². The van der Waals surface area contributed by atoms with Crippen LogP contribution in [-0.2, 0) is 4.79 Å². The summed E-state index contributed by atoms with van der Waals surface area (Å²) in [7, 11) is 0. The Bertz CT molecular complexity index is 746. The molecule has 2 aromatic rings. The molecule has 0 bridgehead atoms. The molecule has 0 saturated heterocycles. The maximum Gasteiger partial charge on any atom is 0.264 e. The molecule has 24 heavy (non-hydrogen) atoms. The first kappa shape index (κ1) is 16.4. The Labute approximate surface area is 144 Å². The van der Waals surface area contributed by atoms with Gasteiger partial charge in [0, 0.05) is 17.0 Å². The molecular formula is C18H18N2O3S. The largest absolute Gasteiger partial charge is 0.484 e. The van der Waals surface area contributed by atoms with E-state index in [0.29, 0.717) is 17.9 Å². The lowest BCUT2D eigenvalue weighted by Crippen LogP contribution is -2.35. The number of nitrogens with two attached hydrogens (primary N) is 1. The molecule has 6 heteroatoms. The van der Waals surface area contributed by atoms with Crippen molar-refractivity contribution in [1.29, 1.82) is 0 Å². The number of carbonyl (C=O) groups excluding carboxylic acids is 2. The van der Waals surface area contributed by atoms with Crippen LogP contribution in [0.1, 0.15) is 16.8 Å². The summed E-state index contributed by atoms with van der Waals surface area (Å²) in [4.78, 5) is 26.5. The molecule has 0 radical (unpaired) electrons. The average molecular weight is 342 g/mol. The number of amides is 2. The van der Waals surface area contributed by atoms with Crippen LogP contribution in [0.25, 0.3) is 0 Å². The van der Waals surface area contributed by atoms with Gasteiger partial charge in [-0.3, -0.25) is 9.59 Å². The molecule has 0 saturated carbocycles. The van der Waals surface area contributed by atoms with Crippen molar-refractivity contribution in [2.75, 3.05) is 23.8 Å². The van der Waals surface area contributed by atoms with E-state index in [9.17, 15) is 9.59 Å². The lowest BCUT2D eigenvalue weighted by atomic mass is 10.2. The summed E-state index contributed by atoms with van der Waals surface area (Å²) in [5.41, 5.74) is 6.55. The number of hydrogen-bond acceptors (Lipinski definition) is 4. The van der Waals surface area contributed by atoms with E-state index in [0.717, 1.165) is 22.8 Å². The van der Waals surface area contributed by atoms with Gasteiger partial charge in [0.1, 0.15) is 5.75 Å². The molecule has 2 aromatic carbocycles. The number of primary amides is 1. The van der Waals surface area contributed by atoms with E-state index in [4.69, 9.17) is 10.5 Å². The molecule has 0 atom stereocenters. The Morgan fingerprint density at radius 2 is 1.88 bits per heavy atom. The van der Waals surface area contributed by atoms with Crippen LogP contribution in [0.5, 0.6) is 5.75 Å². The zero-order valence-electron chi connectivity index (χ0n) is 13.1. The molecule has 0 spiro atoms. The highest BCUT2D eigenvalue weighted by atomic mass is 32.2. The van der Waals surface area contributed by atoms with E-state index >= 15 is 0 Å². The molecule has 0 aliphatic carbocycles. The number of para-hydroxylation sites is 1. The van der Waals surface area contributed by atoms with E-state index in [1.807, 2.05) is 24.3 Å². The number of fused-ring (bicyclic) bond motifs is 1. The molecule has 0 aromatic heterocycles. The summed E-state index contributed by atoms with van der Waals surface area (Å²) in [6.07, 6.45) is 0.943. The van der Waals surface area contributed by atoms with E-state index in [1.54, 1.807) is 40.9 Å². The van der Waals surface area contributed by atoms with Crippen LogP contribution in [0.15, 0.2) is 53.4 Å². The molecule has 2 amide bonds. The minimum absolute atomic E-state index is 0.0467. The average Bonchev–Trinajstić information content (AvgIpc) is 2.82. The van der Waals surface area contributed by atoms with Gasteiger partial charge in [-0.15, -0.1) is 11.8 Å². The zero-order chi connectivity index (χ0) is 16.9. The standard InChI is InChI=1S/C18H18N2O3S/c19-18(22)13-6-8-14(9-7-13)23-12-17(21)20-10-3-11-24-16-5-2-1-4-15(16)20/h1-2,4-9H,3,10-12H2,(H2,19,22). The fraction of sp³-hybridized carbons (Fsp3) is 0.222. The lowest BCUT2D eigenvalue weighted by molar-refractivity contribution is -0.120. The number of hydrogen-bond donors (Lipinski definition) is 1. The smallest absolute Gasteiger partial charge is 0.264 e. The van der Waals surface area contributed by atoms with Gasteiger partial charge in [-0.2, -0.15) is 0 Å².